The Morgan fingerprint density at radius 2 is 2.00 bits per heavy atom. The van der Waals surface area contributed by atoms with Crippen molar-refractivity contribution in [3.8, 4) is 0 Å². The van der Waals surface area contributed by atoms with Crippen LogP contribution in [0.5, 0.6) is 0 Å². The lowest BCUT2D eigenvalue weighted by molar-refractivity contribution is -0.154. The molecule has 1 saturated heterocycles. The highest BCUT2D eigenvalue weighted by molar-refractivity contribution is 5.78. The minimum absolute atomic E-state index is 0.323. The lowest BCUT2D eigenvalue weighted by Crippen LogP contribution is -2.57. The Hall–Kier alpha value is -0.610. The highest BCUT2D eigenvalue weighted by atomic mass is 16.4. The number of nitrogens with zero attached hydrogens (tertiary/aromatic N) is 1. The van der Waals surface area contributed by atoms with E-state index in [9.17, 15) is 4.79 Å². The zero-order chi connectivity index (χ0) is 10.8. The quantitative estimate of drug-likeness (QED) is 0.700. The molecule has 0 aromatic heterocycles. The zero-order valence-electron chi connectivity index (χ0n) is 8.86. The fraction of sp³-hybridized carbons (Fsp3) is 0.900. The summed E-state index contributed by atoms with van der Waals surface area (Å²) < 4.78 is 0. The van der Waals surface area contributed by atoms with Crippen LogP contribution in [0.3, 0.4) is 0 Å². The Bertz CT molecular complexity index is 211. The zero-order valence-corrected chi connectivity index (χ0v) is 8.86. The minimum atomic E-state index is -1.10. The Morgan fingerprint density at radius 3 is 2.36 bits per heavy atom. The second-order valence-electron chi connectivity index (χ2n) is 4.41. The number of hydrogen-bond donors (Lipinski definition) is 2. The molecular weight excluding hydrogens is 182 g/mol. The molecule has 1 fully saturated rings. The molecule has 0 saturated carbocycles. The summed E-state index contributed by atoms with van der Waals surface area (Å²) in [5.74, 6) is -0.266. The van der Waals surface area contributed by atoms with E-state index in [2.05, 4.69) is 6.92 Å². The third-order valence-corrected chi connectivity index (χ3v) is 3.25. The van der Waals surface area contributed by atoms with Crippen LogP contribution in [0, 0.1) is 5.92 Å². The molecule has 1 aliphatic rings. The topological polar surface area (TPSA) is 60.8 Å². The van der Waals surface area contributed by atoms with E-state index in [0.29, 0.717) is 5.92 Å². The van der Waals surface area contributed by atoms with Gasteiger partial charge in [-0.15, -0.1) is 0 Å². The molecule has 0 aromatic rings. The van der Waals surface area contributed by atoms with E-state index in [1.54, 1.807) is 6.92 Å². The molecule has 1 atom stereocenters. The van der Waals surface area contributed by atoms with E-state index in [4.69, 9.17) is 10.2 Å². The summed E-state index contributed by atoms with van der Waals surface area (Å²) in [5.41, 5.74) is -1.10. The number of carboxylic acid groups (broad SMARTS) is 1. The number of hydrogen-bond acceptors (Lipinski definition) is 3. The molecule has 1 unspecified atom stereocenters. The van der Waals surface area contributed by atoms with Gasteiger partial charge in [-0.3, -0.25) is 9.69 Å². The first-order valence-electron chi connectivity index (χ1n) is 5.10. The smallest absolute Gasteiger partial charge is 0.326 e. The van der Waals surface area contributed by atoms with Gasteiger partial charge in [0.2, 0.25) is 0 Å². The Labute approximate surface area is 84.5 Å². The van der Waals surface area contributed by atoms with Crippen LogP contribution < -0.4 is 0 Å². The molecule has 0 spiro atoms. The maximum Gasteiger partial charge on any atom is 0.326 e. The lowest BCUT2D eigenvalue weighted by Gasteiger charge is -2.40. The Morgan fingerprint density at radius 1 is 1.50 bits per heavy atom. The molecule has 1 rings (SSSR count). The predicted octanol–water partition coefficient (Wildman–Crippen LogP) is 0.554. The van der Waals surface area contributed by atoms with Crippen molar-refractivity contribution >= 4 is 5.97 Å². The third kappa shape index (κ3) is 2.07. The molecule has 1 aliphatic heterocycles. The average molecular weight is 201 g/mol. The third-order valence-electron chi connectivity index (χ3n) is 3.25. The SMILES string of the molecule is CC1CCN(C(C)(CO)C(=O)O)CC1. The van der Waals surface area contributed by atoms with Crippen LogP contribution in [-0.2, 0) is 4.79 Å². The molecule has 0 radical (unpaired) electrons. The van der Waals surface area contributed by atoms with Crippen LogP contribution in [-0.4, -0.2) is 46.3 Å². The highest BCUT2D eigenvalue weighted by Crippen LogP contribution is 2.23. The fourth-order valence-corrected chi connectivity index (χ4v) is 1.81. The van der Waals surface area contributed by atoms with Crippen molar-refractivity contribution in [1.82, 2.24) is 4.90 Å². The summed E-state index contributed by atoms with van der Waals surface area (Å²) in [6.45, 7) is 4.98. The number of aliphatic hydroxyl groups is 1. The summed E-state index contributed by atoms with van der Waals surface area (Å²) in [7, 11) is 0. The highest BCUT2D eigenvalue weighted by Gasteiger charge is 2.40. The van der Waals surface area contributed by atoms with Crippen molar-refractivity contribution in [3.63, 3.8) is 0 Å². The molecule has 0 amide bonds. The molecule has 2 N–H and O–H groups in total. The van der Waals surface area contributed by atoms with Crippen LogP contribution >= 0.6 is 0 Å². The van der Waals surface area contributed by atoms with Gasteiger partial charge in [0.05, 0.1) is 6.61 Å². The average Bonchev–Trinajstić information content (AvgIpc) is 2.17. The molecule has 1 heterocycles. The second-order valence-corrected chi connectivity index (χ2v) is 4.41. The van der Waals surface area contributed by atoms with Gasteiger partial charge >= 0.3 is 5.97 Å². The number of aliphatic hydroxyl groups excluding tert-OH is 1. The van der Waals surface area contributed by atoms with E-state index >= 15 is 0 Å². The Kier molecular flexibility index (Phi) is 3.50. The van der Waals surface area contributed by atoms with Gasteiger partial charge in [-0.05, 0) is 38.8 Å². The number of piperidine rings is 1. The molecule has 0 aromatic carbocycles. The molecule has 0 aliphatic carbocycles. The van der Waals surface area contributed by atoms with Gasteiger partial charge < -0.3 is 10.2 Å². The van der Waals surface area contributed by atoms with Crippen LogP contribution in [0.4, 0.5) is 0 Å². The summed E-state index contributed by atoms with van der Waals surface area (Å²) >= 11 is 0. The van der Waals surface area contributed by atoms with E-state index in [1.807, 2.05) is 4.90 Å². The number of likely N-dealkylation sites (tertiary alicyclic amines) is 1. The maximum absolute atomic E-state index is 11.0. The number of carboxylic acids is 1. The van der Waals surface area contributed by atoms with E-state index in [0.717, 1.165) is 25.9 Å². The van der Waals surface area contributed by atoms with E-state index < -0.39 is 11.5 Å². The Balaban J connectivity index is 2.66. The number of rotatable bonds is 3. The monoisotopic (exact) mass is 201 g/mol. The van der Waals surface area contributed by atoms with Crippen molar-refractivity contribution in [2.24, 2.45) is 5.92 Å². The second kappa shape index (κ2) is 4.28. The van der Waals surface area contributed by atoms with Crippen LogP contribution in [0.2, 0.25) is 0 Å². The molecule has 0 bridgehead atoms. The predicted molar refractivity (Wildman–Crippen MR) is 53.1 cm³/mol. The van der Waals surface area contributed by atoms with Crippen LogP contribution in [0.15, 0.2) is 0 Å². The summed E-state index contributed by atoms with van der Waals surface area (Å²) in [5, 5.41) is 18.2. The molecule has 4 heteroatoms. The largest absolute Gasteiger partial charge is 0.480 e. The van der Waals surface area contributed by atoms with Crippen molar-refractivity contribution < 1.29 is 15.0 Å². The van der Waals surface area contributed by atoms with Gasteiger partial charge in [-0.2, -0.15) is 0 Å². The first-order chi connectivity index (χ1) is 6.50. The molecular formula is C10H19NO3. The number of aliphatic carboxylic acids is 1. The van der Waals surface area contributed by atoms with Crippen molar-refractivity contribution in [3.05, 3.63) is 0 Å². The van der Waals surface area contributed by atoms with Crippen LogP contribution in [0.25, 0.3) is 0 Å². The first kappa shape index (κ1) is 11.5. The normalized spacial score (nSPS) is 24.5. The number of carbonyl (C=O) groups is 1. The van der Waals surface area contributed by atoms with Gasteiger partial charge in [-0.25, -0.2) is 0 Å². The standard InChI is InChI=1S/C10H19NO3/c1-8-3-5-11(6-4-8)10(2,7-12)9(13)14/h8,12H,3-7H2,1-2H3,(H,13,14). The molecule has 82 valence electrons. The van der Waals surface area contributed by atoms with Gasteiger partial charge in [0.15, 0.2) is 0 Å². The van der Waals surface area contributed by atoms with E-state index in [-0.39, 0.29) is 6.61 Å². The van der Waals surface area contributed by atoms with E-state index in [1.165, 1.54) is 0 Å². The lowest BCUT2D eigenvalue weighted by atomic mass is 9.93. The molecule has 14 heavy (non-hydrogen) atoms. The maximum atomic E-state index is 11.0. The summed E-state index contributed by atoms with van der Waals surface area (Å²) in [4.78, 5) is 12.9. The van der Waals surface area contributed by atoms with Gasteiger partial charge in [0.25, 0.3) is 0 Å². The molecule has 4 nitrogen and oxygen atoms in total. The minimum Gasteiger partial charge on any atom is -0.480 e. The van der Waals surface area contributed by atoms with Gasteiger partial charge in [0.1, 0.15) is 5.54 Å². The van der Waals surface area contributed by atoms with Crippen LogP contribution in [0.1, 0.15) is 26.7 Å². The van der Waals surface area contributed by atoms with Gasteiger partial charge in [-0.1, -0.05) is 6.92 Å². The van der Waals surface area contributed by atoms with Crippen molar-refractivity contribution in [2.75, 3.05) is 19.7 Å². The summed E-state index contributed by atoms with van der Waals surface area (Å²) in [6.07, 6.45) is 2.03. The van der Waals surface area contributed by atoms with Crippen molar-refractivity contribution in [2.45, 2.75) is 32.2 Å². The summed E-state index contributed by atoms with van der Waals surface area (Å²) in [6, 6.07) is 0. The van der Waals surface area contributed by atoms with Gasteiger partial charge in [0, 0.05) is 0 Å². The fourth-order valence-electron chi connectivity index (χ4n) is 1.81. The van der Waals surface area contributed by atoms with Crippen molar-refractivity contribution in [1.29, 1.82) is 0 Å². The first-order valence-corrected chi connectivity index (χ1v) is 5.10.